The molecule has 0 radical (unpaired) electrons. The van der Waals surface area contributed by atoms with Gasteiger partial charge in [-0.25, -0.2) is 9.18 Å². The smallest absolute Gasteiger partial charge is 0.394 e. The fourth-order valence-corrected chi connectivity index (χ4v) is 2.64. The van der Waals surface area contributed by atoms with Gasteiger partial charge in [-0.2, -0.15) is 18.2 Å². The summed E-state index contributed by atoms with van der Waals surface area (Å²) in [6.07, 6.45) is -9.25. The summed E-state index contributed by atoms with van der Waals surface area (Å²) >= 11 is 0. The third-order valence-electron chi connectivity index (χ3n) is 4.14. The first-order chi connectivity index (χ1) is 13.6. The van der Waals surface area contributed by atoms with Gasteiger partial charge in [0.15, 0.2) is 12.4 Å². The van der Waals surface area contributed by atoms with Crippen LogP contribution in [-0.2, 0) is 10.9 Å². The third kappa shape index (κ3) is 4.26. The Labute approximate surface area is 159 Å². The van der Waals surface area contributed by atoms with Crippen LogP contribution in [0, 0.1) is 0 Å². The van der Waals surface area contributed by atoms with E-state index in [1.165, 1.54) is 0 Å². The minimum Gasteiger partial charge on any atom is -0.394 e. The lowest BCUT2D eigenvalue weighted by molar-refractivity contribution is -0.141. The SMILES string of the molecule is O=C(Nc1ccn([C@H]2O[C@H](CO)[C@@H](O)[C@H]2F)c(=O)n1)c1ccc(C(F)(F)F)nc1. The van der Waals surface area contributed by atoms with Crippen LogP contribution in [0.25, 0.3) is 0 Å². The molecule has 4 atom stereocenters. The highest BCUT2D eigenvalue weighted by Crippen LogP contribution is 2.30. The van der Waals surface area contributed by atoms with E-state index in [9.17, 15) is 32.3 Å². The molecular formula is C16H14F4N4O5. The molecule has 3 heterocycles. The van der Waals surface area contributed by atoms with Gasteiger partial charge in [-0.05, 0) is 18.2 Å². The second-order valence-corrected chi connectivity index (χ2v) is 6.07. The molecule has 156 valence electrons. The molecule has 1 saturated heterocycles. The molecule has 0 aliphatic carbocycles. The minimum absolute atomic E-state index is 0.208. The van der Waals surface area contributed by atoms with Crippen LogP contribution in [0.3, 0.4) is 0 Å². The molecule has 9 nitrogen and oxygen atoms in total. The zero-order valence-electron chi connectivity index (χ0n) is 14.4. The average molecular weight is 418 g/mol. The topological polar surface area (TPSA) is 127 Å². The van der Waals surface area contributed by atoms with Crippen LogP contribution < -0.4 is 11.0 Å². The van der Waals surface area contributed by atoms with Crippen molar-refractivity contribution in [2.45, 2.75) is 30.8 Å². The summed E-state index contributed by atoms with van der Waals surface area (Å²) in [7, 11) is 0. The standard InChI is InChI=1S/C16H14F4N4O5/c17-11-12(26)8(6-25)29-14(11)24-4-3-10(23-15(24)28)22-13(27)7-1-2-9(21-5-7)16(18,19)20/h1-5,8,11-12,14,25-26H,6H2,(H,22,23,27,28)/t8-,11-,12-,14+/m1/s1. The number of hydrogen-bond acceptors (Lipinski definition) is 7. The monoisotopic (exact) mass is 418 g/mol. The predicted octanol–water partition coefficient (Wildman–Crippen LogP) is 0.498. The van der Waals surface area contributed by atoms with Crippen molar-refractivity contribution in [3.63, 3.8) is 0 Å². The van der Waals surface area contributed by atoms with E-state index < -0.39 is 54.7 Å². The van der Waals surface area contributed by atoms with Crippen LogP contribution in [0.4, 0.5) is 23.4 Å². The summed E-state index contributed by atoms with van der Waals surface area (Å²) in [5, 5.41) is 20.9. The number of alkyl halides is 4. The van der Waals surface area contributed by atoms with Gasteiger partial charge in [-0.3, -0.25) is 14.3 Å². The van der Waals surface area contributed by atoms with Crippen LogP contribution in [0.5, 0.6) is 0 Å². The fourth-order valence-electron chi connectivity index (χ4n) is 2.64. The van der Waals surface area contributed by atoms with Crippen molar-refractivity contribution >= 4 is 11.7 Å². The lowest BCUT2D eigenvalue weighted by atomic mass is 10.1. The van der Waals surface area contributed by atoms with Gasteiger partial charge in [0.1, 0.15) is 23.7 Å². The second-order valence-electron chi connectivity index (χ2n) is 6.07. The van der Waals surface area contributed by atoms with Crippen LogP contribution in [0.2, 0.25) is 0 Å². The first kappa shape index (κ1) is 20.8. The third-order valence-corrected chi connectivity index (χ3v) is 4.14. The van der Waals surface area contributed by atoms with E-state index in [-0.39, 0.29) is 11.4 Å². The summed E-state index contributed by atoms with van der Waals surface area (Å²) in [5.41, 5.74) is -2.40. The van der Waals surface area contributed by atoms with Crippen LogP contribution >= 0.6 is 0 Å². The molecule has 1 fully saturated rings. The van der Waals surface area contributed by atoms with Gasteiger partial charge in [-0.1, -0.05) is 0 Å². The van der Waals surface area contributed by atoms with Crippen molar-refractivity contribution in [3.05, 3.63) is 52.3 Å². The molecule has 0 saturated carbocycles. The van der Waals surface area contributed by atoms with Gasteiger partial charge in [0.05, 0.1) is 12.2 Å². The minimum atomic E-state index is -4.65. The number of anilines is 1. The normalized spacial score (nSPS) is 24.5. The van der Waals surface area contributed by atoms with Crippen molar-refractivity contribution in [2.75, 3.05) is 11.9 Å². The molecule has 1 aliphatic heterocycles. The number of rotatable bonds is 4. The number of hydrogen-bond donors (Lipinski definition) is 3. The molecule has 1 amide bonds. The highest BCUT2D eigenvalue weighted by molar-refractivity contribution is 6.03. The van der Waals surface area contributed by atoms with E-state index in [1.54, 1.807) is 0 Å². The number of ether oxygens (including phenoxy) is 1. The molecule has 3 N–H and O–H groups in total. The Morgan fingerprint density at radius 1 is 1.31 bits per heavy atom. The van der Waals surface area contributed by atoms with Crippen LogP contribution in [-0.4, -0.2) is 55.6 Å². The Kier molecular flexibility index (Phi) is 5.64. The van der Waals surface area contributed by atoms with E-state index in [1.807, 2.05) is 0 Å². The van der Waals surface area contributed by atoms with Crippen molar-refractivity contribution in [1.82, 2.24) is 14.5 Å². The summed E-state index contributed by atoms with van der Waals surface area (Å²) < 4.78 is 57.4. The molecule has 2 aromatic rings. The van der Waals surface area contributed by atoms with Crippen molar-refractivity contribution in [3.8, 4) is 0 Å². The zero-order valence-corrected chi connectivity index (χ0v) is 14.4. The first-order valence-electron chi connectivity index (χ1n) is 8.14. The maximum atomic E-state index is 14.1. The number of aromatic nitrogens is 3. The Hall–Kier alpha value is -2.90. The Morgan fingerprint density at radius 2 is 2.03 bits per heavy atom. The van der Waals surface area contributed by atoms with Gasteiger partial charge in [-0.15, -0.1) is 0 Å². The Bertz CT molecular complexity index is 950. The molecule has 0 bridgehead atoms. The number of aliphatic hydroxyl groups is 2. The molecule has 0 aromatic carbocycles. The number of carbonyl (C=O) groups is 1. The summed E-state index contributed by atoms with van der Waals surface area (Å²) in [5.74, 6) is -1.11. The Balaban J connectivity index is 1.74. The van der Waals surface area contributed by atoms with Gasteiger partial charge >= 0.3 is 11.9 Å². The molecular weight excluding hydrogens is 404 g/mol. The largest absolute Gasteiger partial charge is 0.433 e. The van der Waals surface area contributed by atoms with Crippen molar-refractivity contribution in [2.24, 2.45) is 0 Å². The summed E-state index contributed by atoms with van der Waals surface area (Å²) in [6, 6.07) is 2.66. The highest BCUT2D eigenvalue weighted by atomic mass is 19.4. The summed E-state index contributed by atoms with van der Waals surface area (Å²) in [4.78, 5) is 30.9. The number of nitrogens with zero attached hydrogens (tertiary/aromatic N) is 3. The molecule has 2 aromatic heterocycles. The van der Waals surface area contributed by atoms with Gasteiger partial charge in [0, 0.05) is 12.4 Å². The molecule has 13 heteroatoms. The number of nitrogens with one attached hydrogen (secondary N) is 1. The van der Waals surface area contributed by atoms with Gasteiger partial charge in [0.2, 0.25) is 0 Å². The molecule has 0 spiro atoms. The van der Waals surface area contributed by atoms with E-state index in [4.69, 9.17) is 9.84 Å². The molecule has 3 rings (SSSR count). The molecule has 1 aliphatic rings. The van der Waals surface area contributed by atoms with Crippen LogP contribution in [0.1, 0.15) is 22.3 Å². The number of carbonyl (C=O) groups excluding carboxylic acids is 1. The van der Waals surface area contributed by atoms with Gasteiger partial charge in [0.25, 0.3) is 5.91 Å². The maximum Gasteiger partial charge on any atom is 0.433 e. The zero-order chi connectivity index (χ0) is 21.3. The molecule has 29 heavy (non-hydrogen) atoms. The molecule has 0 unspecified atom stereocenters. The number of amides is 1. The maximum absolute atomic E-state index is 14.1. The fraction of sp³-hybridized carbons (Fsp3) is 0.375. The second kappa shape index (κ2) is 7.85. The van der Waals surface area contributed by atoms with Crippen molar-refractivity contribution in [1.29, 1.82) is 0 Å². The number of aliphatic hydroxyl groups excluding tert-OH is 2. The van der Waals surface area contributed by atoms with E-state index in [0.29, 0.717) is 6.07 Å². The number of pyridine rings is 1. The van der Waals surface area contributed by atoms with E-state index in [2.05, 4.69) is 15.3 Å². The first-order valence-corrected chi connectivity index (χ1v) is 8.14. The average Bonchev–Trinajstić information content (AvgIpc) is 2.96. The quantitative estimate of drug-likeness (QED) is 0.617. The van der Waals surface area contributed by atoms with Crippen molar-refractivity contribution < 1.29 is 37.3 Å². The van der Waals surface area contributed by atoms with Gasteiger partial charge < -0.3 is 20.3 Å². The van der Waals surface area contributed by atoms with Crippen LogP contribution in [0.15, 0.2) is 35.4 Å². The predicted molar refractivity (Wildman–Crippen MR) is 87.6 cm³/mol. The lowest BCUT2D eigenvalue weighted by Gasteiger charge is -2.16. The highest BCUT2D eigenvalue weighted by Gasteiger charge is 2.45. The van der Waals surface area contributed by atoms with E-state index >= 15 is 0 Å². The van der Waals surface area contributed by atoms with E-state index in [0.717, 1.165) is 29.1 Å². The summed E-state index contributed by atoms with van der Waals surface area (Å²) in [6.45, 7) is -0.657. The number of halogens is 4. The Morgan fingerprint density at radius 3 is 2.55 bits per heavy atom. The lowest BCUT2D eigenvalue weighted by Crippen LogP contribution is -2.33.